The first-order chi connectivity index (χ1) is 7.02. The van der Waals surface area contributed by atoms with E-state index >= 15 is 0 Å². The van der Waals surface area contributed by atoms with Gasteiger partial charge in [0.15, 0.2) is 0 Å². The standard InChI is InChI=1S/C11H13BrO3/c1-7(11(14)15)6-10(13)8-4-2-3-5-9(8)12/h2-5,7,10,13H,6H2,1H3,(H,14,15). The molecule has 1 aromatic carbocycles. The van der Waals surface area contributed by atoms with Gasteiger partial charge in [0, 0.05) is 4.47 Å². The summed E-state index contributed by atoms with van der Waals surface area (Å²) in [5.41, 5.74) is 0.727. The summed E-state index contributed by atoms with van der Waals surface area (Å²) in [6, 6.07) is 7.27. The van der Waals surface area contributed by atoms with Crippen molar-refractivity contribution in [2.24, 2.45) is 5.92 Å². The predicted octanol–water partition coefficient (Wildman–Crippen LogP) is 2.59. The average Bonchev–Trinajstić information content (AvgIpc) is 2.18. The number of halogens is 1. The van der Waals surface area contributed by atoms with Crippen LogP contribution in [0.5, 0.6) is 0 Å². The van der Waals surface area contributed by atoms with Gasteiger partial charge in [-0.3, -0.25) is 4.79 Å². The first-order valence-corrected chi connectivity index (χ1v) is 5.47. The van der Waals surface area contributed by atoms with Crippen LogP contribution < -0.4 is 0 Å². The number of hydrogen-bond acceptors (Lipinski definition) is 2. The van der Waals surface area contributed by atoms with E-state index < -0.39 is 18.0 Å². The van der Waals surface area contributed by atoms with E-state index in [-0.39, 0.29) is 6.42 Å². The highest BCUT2D eigenvalue weighted by molar-refractivity contribution is 9.10. The topological polar surface area (TPSA) is 57.5 Å². The third kappa shape index (κ3) is 3.32. The quantitative estimate of drug-likeness (QED) is 0.886. The lowest BCUT2D eigenvalue weighted by atomic mass is 9.98. The second kappa shape index (κ2) is 5.28. The number of aliphatic hydroxyl groups excluding tert-OH is 1. The number of aliphatic carboxylic acids is 1. The van der Waals surface area contributed by atoms with Crippen molar-refractivity contribution in [2.45, 2.75) is 19.4 Å². The summed E-state index contributed by atoms with van der Waals surface area (Å²) in [5, 5.41) is 18.6. The summed E-state index contributed by atoms with van der Waals surface area (Å²) in [7, 11) is 0. The fourth-order valence-corrected chi connectivity index (χ4v) is 1.86. The van der Waals surface area contributed by atoms with E-state index in [0.29, 0.717) is 0 Å². The van der Waals surface area contributed by atoms with Crippen molar-refractivity contribution in [1.29, 1.82) is 0 Å². The van der Waals surface area contributed by atoms with Gasteiger partial charge in [0.1, 0.15) is 0 Å². The molecule has 2 atom stereocenters. The van der Waals surface area contributed by atoms with E-state index in [9.17, 15) is 9.90 Å². The summed E-state index contributed by atoms with van der Waals surface area (Å²) < 4.78 is 0.801. The zero-order chi connectivity index (χ0) is 11.4. The molecular weight excluding hydrogens is 260 g/mol. The minimum Gasteiger partial charge on any atom is -0.481 e. The molecule has 82 valence electrons. The monoisotopic (exact) mass is 272 g/mol. The Morgan fingerprint density at radius 3 is 2.60 bits per heavy atom. The molecule has 0 saturated heterocycles. The minimum atomic E-state index is -0.888. The maximum atomic E-state index is 10.6. The van der Waals surface area contributed by atoms with Crippen LogP contribution in [-0.2, 0) is 4.79 Å². The maximum absolute atomic E-state index is 10.6. The number of rotatable bonds is 4. The maximum Gasteiger partial charge on any atom is 0.306 e. The predicted molar refractivity (Wildman–Crippen MR) is 60.5 cm³/mol. The summed E-state index contributed by atoms with van der Waals surface area (Å²) >= 11 is 3.32. The van der Waals surface area contributed by atoms with Crippen molar-refractivity contribution < 1.29 is 15.0 Å². The highest BCUT2D eigenvalue weighted by Gasteiger charge is 2.18. The molecule has 0 aliphatic heterocycles. The molecule has 0 radical (unpaired) electrons. The van der Waals surface area contributed by atoms with Crippen LogP contribution in [0.3, 0.4) is 0 Å². The van der Waals surface area contributed by atoms with E-state index in [1.807, 2.05) is 18.2 Å². The van der Waals surface area contributed by atoms with E-state index in [2.05, 4.69) is 15.9 Å². The molecule has 0 spiro atoms. The number of hydrogen-bond donors (Lipinski definition) is 2. The van der Waals surface area contributed by atoms with Crippen molar-refractivity contribution in [3.63, 3.8) is 0 Å². The highest BCUT2D eigenvalue weighted by atomic mass is 79.9. The Morgan fingerprint density at radius 2 is 2.07 bits per heavy atom. The summed E-state index contributed by atoms with van der Waals surface area (Å²) in [6.45, 7) is 1.59. The van der Waals surface area contributed by atoms with Crippen LogP contribution in [-0.4, -0.2) is 16.2 Å². The lowest BCUT2D eigenvalue weighted by Gasteiger charge is -2.14. The molecule has 0 fully saturated rings. The molecule has 0 aliphatic rings. The van der Waals surface area contributed by atoms with Crippen LogP contribution in [0.15, 0.2) is 28.7 Å². The van der Waals surface area contributed by atoms with Crippen LogP contribution in [0.4, 0.5) is 0 Å². The summed E-state index contributed by atoms with van der Waals surface area (Å²) in [4.78, 5) is 10.6. The smallest absolute Gasteiger partial charge is 0.306 e. The zero-order valence-corrected chi connectivity index (χ0v) is 9.94. The van der Waals surface area contributed by atoms with Gasteiger partial charge >= 0.3 is 5.97 Å². The molecule has 0 bridgehead atoms. The van der Waals surface area contributed by atoms with Gasteiger partial charge in [0.2, 0.25) is 0 Å². The summed E-state index contributed by atoms with van der Waals surface area (Å²) in [6.07, 6.45) is -0.524. The molecule has 0 heterocycles. The van der Waals surface area contributed by atoms with Crippen molar-refractivity contribution in [3.05, 3.63) is 34.3 Å². The molecule has 0 aromatic heterocycles. The Morgan fingerprint density at radius 1 is 1.47 bits per heavy atom. The van der Waals surface area contributed by atoms with Crippen molar-refractivity contribution >= 4 is 21.9 Å². The molecule has 1 rings (SSSR count). The largest absolute Gasteiger partial charge is 0.481 e. The van der Waals surface area contributed by atoms with Gasteiger partial charge in [-0.25, -0.2) is 0 Å². The fraction of sp³-hybridized carbons (Fsp3) is 0.364. The van der Waals surface area contributed by atoms with E-state index in [1.165, 1.54) is 0 Å². The van der Waals surface area contributed by atoms with Crippen LogP contribution in [0, 0.1) is 5.92 Å². The number of carboxylic acids is 1. The van der Waals surface area contributed by atoms with Crippen molar-refractivity contribution in [2.75, 3.05) is 0 Å². The lowest BCUT2D eigenvalue weighted by Crippen LogP contribution is -2.13. The van der Waals surface area contributed by atoms with E-state index in [1.54, 1.807) is 13.0 Å². The van der Waals surface area contributed by atoms with Gasteiger partial charge in [0.05, 0.1) is 12.0 Å². The molecular formula is C11H13BrO3. The van der Waals surface area contributed by atoms with Crippen LogP contribution >= 0.6 is 15.9 Å². The highest BCUT2D eigenvalue weighted by Crippen LogP contribution is 2.27. The van der Waals surface area contributed by atoms with E-state index in [4.69, 9.17) is 5.11 Å². The average molecular weight is 273 g/mol. The number of benzene rings is 1. The molecule has 0 saturated carbocycles. The minimum absolute atomic E-state index is 0.220. The Hall–Kier alpha value is -0.870. The fourth-order valence-electron chi connectivity index (χ4n) is 1.31. The van der Waals surface area contributed by atoms with Gasteiger partial charge in [-0.1, -0.05) is 41.1 Å². The molecule has 15 heavy (non-hydrogen) atoms. The molecule has 2 unspecified atom stereocenters. The third-order valence-electron chi connectivity index (χ3n) is 2.26. The SMILES string of the molecule is CC(CC(O)c1ccccc1Br)C(=O)O. The van der Waals surface area contributed by atoms with E-state index in [0.717, 1.165) is 10.0 Å². The Bertz CT molecular complexity index is 351. The first-order valence-electron chi connectivity index (χ1n) is 4.67. The Balaban J connectivity index is 2.73. The van der Waals surface area contributed by atoms with Crippen molar-refractivity contribution in [1.82, 2.24) is 0 Å². The third-order valence-corrected chi connectivity index (χ3v) is 2.98. The Kier molecular flexibility index (Phi) is 4.29. The lowest BCUT2D eigenvalue weighted by molar-refractivity contribution is -0.142. The normalized spacial score (nSPS) is 14.6. The second-order valence-corrected chi connectivity index (χ2v) is 4.37. The van der Waals surface area contributed by atoms with Gasteiger partial charge in [-0.15, -0.1) is 0 Å². The number of carboxylic acid groups (broad SMARTS) is 1. The second-order valence-electron chi connectivity index (χ2n) is 3.51. The van der Waals surface area contributed by atoms with Gasteiger partial charge in [-0.05, 0) is 18.1 Å². The van der Waals surface area contributed by atoms with Crippen molar-refractivity contribution in [3.8, 4) is 0 Å². The Labute approximate surface area is 96.9 Å². The molecule has 1 aromatic rings. The van der Waals surface area contributed by atoms with Crippen LogP contribution in [0.2, 0.25) is 0 Å². The van der Waals surface area contributed by atoms with Gasteiger partial charge < -0.3 is 10.2 Å². The number of carbonyl (C=O) groups is 1. The van der Waals surface area contributed by atoms with Crippen LogP contribution in [0.1, 0.15) is 25.0 Å². The van der Waals surface area contributed by atoms with Gasteiger partial charge in [-0.2, -0.15) is 0 Å². The molecule has 2 N–H and O–H groups in total. The summed E-state index contributed by atoms with van der Waals surface area (Å²) in [5.74, 6) is -1.44. The molecule has 3 nitrogen and oxygen atoms in total. The molecule has 0 amide bonds. The molecule has 0 aliphatic carbocycles. The first kappa shape index (κ1) is 12.2. The number of aliphatic hydroxyl groups is 1. The van der Waals surface area contributed by atoms with Gasteiger partial charge in [0.25, 0.3) is 0 Å². The van der Waals surface area contributed by atoms with Crippen LogP contribution in [0.25, 0.3) is 0 Å². The molecule has 4 heteroatoms. The zero-order valence-electron chi connectivity index (χ0n) is 8.35.